The van der Waals surface area contributed by atoms with Crippen LogP contribution in [0.2, 0.25) is 0 Å². The van der Waals surface area contributed by atoms with E-state index in [0.717, 1.165) is 0 Å². The maximum atomic E-state index is 13.7. The summed E-state index contributed by atoms with van der Waals surface area (Å²) in [4.78, 5) is 12.0. The first-order chi connectivity index (χ1) is 7.61. The fourth-order valence-corrected chi connectivity index (χ4v) is 2.10. The van der Waals surface area contributed by atoms with Crippen LogP contribution in [-0.2, 0) is 4.74 Å². The van der Waals surface area contributed by atoms with Crippen LogP contribution < -0.4 is 5.73 Å². The Bertz CT molecular complexity index is 424. The molecule has 0 bridgehead atoms. The summed E-state index contributed by atoms with van der Waals surface area (Å²) in [5, 5.41) is 0. The van der Waals surface area contributed by atoms with E-state index in [1.54, 1.807) is 12.1 Å². The largest absolute Gasteiger partial charge is 0.379 e. The van der Waals surface area contributed by atoms with Crippen LogP contribution in [0, 0.1) is 11.7 Å². The van der Waals surface area contributed by atoms with E-state index in [-0.39, 0.29) is 28.5 Å². The van der Waals surface area contributed by atoms with Gasteiger partial charge in [-0.3, -0.25) is 4.79 Å². The van der Waals surface area contributed by atoms with E-state index in [1.807, 2.05) is 0 Å². The molecule has 0 radical (unpaired) electrons. The molecule has 1 aliphatic rings. The minimum atomic E-state index is -0.536. The van der Waals surface area contributed by atoms with Gasteiger partial charge in [0.2, 0.25) is 0 Å². The Morgan fingerprint density at radius 3 is 2.88 bits per heavy atom. The summed E-state index contributed by atoms with van der Waals surface area (Å²) in [6.07, 6.45) is 0. The number of halogens is 2. The van der Waals surface area contributed by atoms with Crippen LogP contribution in [0.3, 0.4) is 0 Å². The van der Waals surface area contributed by atoms with Gasteiger partial charge in [0.15, 0.2) is 5.78 Å². The lowest BCUT2D eigenvalue weighted by atomic mass is 9.94. The standard InChI is InChI=1S/C11H11BrFNO2/c12-8-3-1-2-6(10(8)13)11(15)7-4-16-5-9(7)14/h1-3,7,9H,4-5,14H2. The molecule has 0 spiro atoms. The molecule has 0 aromatic heterocycles. The van der Waals surface area contributed by atoms with Crippen LogP contribution in [0.15, 0.2) is 22.7 Å². The second-order valence-corrected chi connectivity index (χ2v) is 4.63. The normalized spacial score (nSPS) is 24.7. The van der Waals surface area contributed by atoms with Crippen molar-refractivity contribution < 1.29 is 13.9 Å². The molecule has 86 valence electrons. The number of carbonyl (C=O) groups excluding carboxylic acids is 1. The molecule has 16 heavy (non-hydrogen) atoms. The highest BCUT2D eigenvalue weighted by atomic mass is 79.9. The Hall–Kier alpha value is -0.780. The van der Waals surface area contributed by atoms with Crippen molar-refractivity contribution in [2.24, 2.45) is 11.7 Å². The number of ether oxygens (including phenoxy) is 1. The highest BCUT2D eigenvalue weighted by Gasteiger charge is 2.33. The first-order valence-electron chi connectivity index (χ1n) is 4.93. The monoisotopic (exact) mass is 287 g/mol. The van der Waals surface area contributed by atoms with Gasteiger partial charge in [-0.2, -0.15) is 0 Å². The predicted molar refractivity (Wildman–Crippen MR) is 60.7 cm³/mol. The van der Waals surface area contributed by atoms with Gasteiger partial charge in [-0.05, 0) is 28.1 Å². The lowest BCUT2D eigenvalue weighted by molar-refractivity contribution is 0.0891. The Balaban J connectivity index is 2.30. The minimum Gasteiger partial charge on any atom is -0.379 e. The van der Waals surface area contributed by atoms with Crippen molar-refractivity contribution in [1.29, 1.82) is 0 Å². The molecule has 1 fully saturated rings. The van der Waals surface area contributed by atoms with E-state index in [9.17, 15) is 9.18 Å². The van der Waals surface area contributed by atoms with Gasteiger partial charge in [0.1, 0.15) is 5.82 Å². The molecule has 1 saturated heterocycles. The number of rotatable bonds is 2. The van der Waals surface area contributed by atoms with E-state index in [0.29, 0.717) is 6.61 Å². The molecule has 2 N–H and O–H groups in total. The van der Waals surface area contributed by atoms with Gasteiger partial charge in [0, 0.05) is 6.04 Å². The smallest absolute Gasteiger partial charge is 0.172 e. The van der Waals surface area contributed by atoms with E-state index in [2.05, 4.69) is 15.9 Å². The molecule has 1 aliphatic heterocycles. The van der Waals surface area contributed by atoms with Crippen molar-refractivity contribution in [3.8, 4) is 0 Å². The van der Waals surface area contributed by atoms with Crippen molar-refractivity contribution in [3.63, 3.8) is 0 Å². The molecular weight excluding hydrogens is 277 g/mol. The number of benzene rings is 1. The van der Waals surface area contributed by atoms with Crippen LogP contribution in [-0.4, -0.2) is 25.0 Å². The van der Waals surface area contributed by atoms with E-state index >= 15 is 0 Å². The quantitative estimate of drug-likeness (QED) is 0.843. The van der Waals surface area contributed by atoms with Crippen molar-refractivity contribution in [2.45, 2.75) is 6.04 Å². The second kappa shape index (κ2) is 4.61. The van der Waals surface area contributed by atoms with Crippen LogP contribution in [0.1, 0.15) is 10.4 Å². The average molecular weight is 288 g/mol. The summed E-state index contributed by atoms with van der Waals surface area (Å²) in [5.41, 5.74) is 5.80. The van der Waals surface area contributed by atoms with E-state index in [1.165, 1.54) is 6.07 Å². The van der Waals surface area contributed by atoms with Crippen molar-refractivity contribution >= 4 is 21.7 Å². The maximum absolute atomic E-state index is 13.7. The highest BCUT2D eigenvalue weighted by molar-refractivity contribution is 9.10. The zero-order chi connectivity index (χ0) is 11.7. The first-order valence-corrected chi connectivity index (χ1v) is 5.72. The van der Waals surface area contributed by atoms with Crippen molar-refractivity contribution in [3.05, 3.63) is 34.1 Å². The first kappa shape index (κ1) is 11.7. The number of hydrogen-bond donors (Lipinski definition) is 1. The molecule has 0 aliphatic carbocycles. The minimum absolute atomic E-state index is 0.0697. The Morgan fingerprint density at radius 1 is 1.50 bits per heavy atom. The second-order valence-electron chi connectivity index (χ2n) is 3.77. The molecule has 1 heterocycles. The maximum Gasteiger partial charge on any atom is 0.172 e. The summed E-state index contributed by atoms with van der Waals surface area (Å²) in [5.74, 6) is -1.26. The van der Waals surface area contributed by atoms with Gasteiger partial charge < -0.3 is 10.5 Å². The zero-order valence-corrected chi connectivity index (χ0v) is 10.0. The molecule has 1 aromatic rings. The van der Waals surface area contributed by atoms with E-state index in [4.69, 9.17) is 10.5 Å². The molecular formula is C11H11BrFNO2. The summed E-state index contributed by atoms with van der Waals surface area (Å²) in [6, 6.07) is 4.30. The summed E-state index contributed by atoms with van der Waals surface area (Å²) in [7, 11) is 0. The molecule has 1 aromatic carbocycles. The Labute approximate surface area is 101 Å². The topological polar surface area (TPSA) is 52.3 Å². The van der Waals surface area contributed by atoms with Gasteiger partial charge >= 0.3 is 0 Å². The molecule has 0 amide bonds. The summed E-state index contributed by atoms with van der Waals surface area (Å²) >= 11 is 3.05. The van der Waals surface area contributed by atoms with E-state index < -0.39 is 11.7 Å². The average Bonchev–Trinajstić information content (AvgIpc) is 2.68. The summed E-state index contributed by atoms with van der Waals surface area (Å²) < 4.78 is 19.1. The molecule has 2 unspecified atom stereocenters. The number of Topliss-reactive ketones (excluding diaryl/α,β-unsaturated/α-hetero) is 1. The number of carbonyl (C=O) groups is 1. The van der Waals surface area contributed by atoms with Gasteiger partial charge in [-0.25, -0.2) is 4.39 Å². The van der Waals surface area contributed by atoms with Gasteiger partial charge in [0.25, 0.3) is 0 Å². The third kappa shape index (κ3) is 2.03. The van der Waals surface area contributed by atoms with Gasteiger partial charge in [-0.1, -0.05) is 6.07 Å². The number of ketones is 1. The van der Waals surface area contributed by atoms with Crippen molar-refractivity contribution in [1.82, 2.24) is 0 Å². The fourth-order valence-electron chi connectivity index (χ4n) is 1.73. The molecule has 5 heteroatoms. The number of hydrogen-bond acceptors (Lipinski definition) is 3. The Morgan fingerprint density at radius 2 is 2.25 bits per heavy atom. The molecule has 2 atom stereocenters. The summed E-state index contributed by atoms with van der Waals surface area (Å²) in [6.45, 7) is 0.623. The SMILES string of the molecule is NC1COCC1C(=O)c1cccc(Br)c1F. The number of nitrogens with two attached hydrogens (primary N) is 1. The third-order valence-electron chi connectivity index (χ3n) is 2.68. The molecule has 3 nitrogen and oxygen atoms in total. The zero-order valence-electron chi connectivity index (χ0n) is 8.45. The van der Waals surface area contributed by atoms with Crippen LogP contribution in [0.5, 0.6) is 0 Å². The molecule has 2 rings (SSSR count). The van der Waals surface area contributed by atoms with Gasteiger partial charge in [0.05, 0.1) is 29.2 Å². The fraction of sp³-hybridized carbons (Fsp3) is 0.364. The van der Waals surface area contributed by atoms with Crippen LogP contribution in [0.25, 0.3) is 0 Å². The highest BCUT2D eigenvalue weighted by Crippen LogP contribution is 2.23. The predicted octanol–water partition coefficient (Wildman–Crippen LogP) is 1.74. The van der Waals surface area contributed by atoms with Gasteiger partial charge in [-0.15, -0.1) is 0 Å². The molecule has 0 saturated carbocycles. The Kier molecular flexibility index (Phi) is 3.37. The van der Waals surface area contributed by atoms with Crippen LogP contribution >= 0.6 is 15.9 Å². The van der Waals surface area contributed by atoms with Crippen LogP contribution in [0.4, 0.5) is 4.39 Å². The van der Waals surface area contributed by atoms with Crippen molar-refractivity contribution in [2.75, 3.05) is 13.2 Å². The lowest BCUT2D eigenvalue weighted by Crippen LogP contribution is -2.34. The lowest BCUT2D eigenvalue weighted by Gasteiger charge is -2.12. The third-order valence-corrected chi connectivity index (χ3v) is 3.29.